The number of aryl methyl sites for hydroxylation is 1. The van der Waals surface area contributed by atoms with Crippen LogP contribution in [0, 0.1) is 0 Å². The summed E-state index contributed by atoms with van der Waals surface area (Å²) in [5.74, 6) is 0.0738. The van der Waals surface area contributed by atoms with Gasteiger partial charge in [0.25, 0.3) is 0 Å². The minimum absolute atomic E-state index is 0.0738. The summed E-state index contributed by atoms with van der Waals surface area (Å²) in [6, 6.07) is 15.1. The molecular formula is C17H17N3O2S. The summed E-state index contributed by atoms with van der Waals surface area (Å²) < 4.78 is 26.8. The molecule has 1 aromatic heterocycles. The third-order valence-corrected chi connectivity index (χ3v) is 4.86. The third kappa shape index (κ3) is 4.34. The van der Waals surface area contributed by atoms with Crippen molar-refractivity contribution in [2.75, 3.05) is 5.75 Å². The van der Waals surface area contributed by atoms with E-state index in [1.165, 1.54) is 0 Å². The fourth-order valence-electron chi connectivity index (χ4n) is 2.28. The SMILES string of the molecule is O=S(=O)(CCc1ccccc1)NCc1ccc2nccnc2c1. The molecule has 0 spiro atoms. The molecule has 0 atom stereocenters. The number of hydrogen-bond donors (Lipinski definition) is 1. The van der Waals surface area contributed by atoms with E-state index in [1.807, 2.05) is 48.5 Å². The van der Waals surface area contributed by atoms with Crippen molar-refractivity contribution < 1.29 is 8.42 Å². The number of benzene rings is 2. The lowest BCUT2D eigenvalue weighted by Gasteiger charge is -2.07. The highest BCUT2D eigenvalue weighted by Crippen LogP contribution is 2.11. The summed E-state index contributed by atoms with van der Waals surface area (Å²) in [7, 11) is -3.32. The van der Waals surface area contributed by atoms with Crippen LogP contribution in [0.15, 0.2) is 60.9 Å². The highest BCUT2D eigenvalue weighted by molar-refractivity contribution is 7.89. The van der Waals surface area contributed by atoms with Crippen molar-refractivity contribution in [3.63, 3.8) is 0 Å². The second-order valence-electron chi connectivity index (χ2n) is 5.25. The number of hydrogen-bond acceptors (Lipinski definition) is 4. The number of fused-ring (bicyclic) bond motifs is 1. The molecule has 6 heteroatoms. The largest absolute Gasteiger partial charge is 0.253 e. The first kappa shape index (κ1) is 15.6. The number of sulfonamides is 1. The molecule has 0 bridgehead atoms. The van der Waals surface area contributed by atoms with E-state index in [-0.39, 0.29) is 12.3 Å². The minimum atomic E-state index is -3.32. The molecule has 0 saturated carbocycles. The molecule has 5 nitrogen and oxygen atoms in total. The fourth-order valence-corrected chi connectivity index (χ4v) is 3.32. The molecule has 0 amide bonds. The van der Waals surface area contributed by atoms with Crippen LogP contribution < -0.4 is 4.72 Å². The molecule has 3 aromatic rings. The standard InChI is InChI=1S/C17H17N3O2S/c21-23(22,11-8-14-4-2-1-3-5-14)20-13-15-6-7-16-17(12-15)19-10-9-18-16/h1-7,9-10,12,20H,8,11,13H2. The van der Waals surface area contributed by atoms with Gasteiger partial charge in [0, 0.05) is 18.9 Å². The Morgan fingerprint density at radius 3 is 2.39 bits per heavy atom. The van der Waals surface area contributed by atoms with Gasteiger partial charge in [-0.1, -0.05) is 36.4 Å². The van der Waals surface area contributed by atoms with Gasteiger partial charge in [-0.05, 0) is 29.7 Å². The summed E-state index contributed by atoms with van der Waals surface area (Å²) in [5, 5.41) is 0. The van der Waals surface area contributed by atoms with E-state index in [4.69, 9.17) is 0 Å². The van der Waals surface area contributed by atoms with Crippen LogP contribution in [0.4, 0.5) is 0 Å². The number of nitrogens with one attached hydrogen (secondary N) is 1. The maximum atomic E-state index is 12.1. The third-order valence-electron chi connectivity index (χ3n) is 3.53. The number of rotatable bonds is 6. The average Bonchev–Trinajstić information content (AvgIpc) is 2.59. The molecule has 1 N–H and O–H groups in total. The molecule has 0 saturated heterocycles. The van der Waals surface area contributed by atoms with Gasteiger partial charge >= 0.3 is 0 Å². The Morgan fingerprint density at radius 1 is 0.870 bits per heavy atom. The van der Waals surface area contributed by atoms with Crippen molar-refractivity contribution in [1.82, 2.24) is 14.7 Å². The molecule has 118 valence electrons. The van der Waals surface area contributed by atoms with Crippen LogP contribution >= 0.6 is 0 Å². The van der Waals surface area contributed by atoms with Crippen molar-refractivity contribution in [3.8, 4) is 0 Å². The second-order valence-corrected chi connectivity index (χ2v) is 7.18. The lowest BCUT2D eigenvalue weighted by molar-refractivity contribution is 0.580. The minimum Gasteiger partial charge on any atom is -0.253 e. The smallest absolute Gasteiger partial charge is 0.212 e. The normalized spacial score (nSPS) is 11.7. The van der Waals surface area contributed by atoms with Crippen molar-refractivity contribution in [2.45, 2.75) is 13.0 Å². The maximum Gasteiger partial charge on any atom is 0.212 e. The van der Waals surface area contributed by atoms with Crippen molar-refractivity contribution in [2.24, 2.45) is 0 Å². The molecule has 1 heterocycles. The summed E-state index contributed by atoms with van der Waals surface area (Å²) in [6.45, 7) is 0.254. The summed E-state index contributed by atoms with van der Waals surface area (Å²) in [5.41, 5.74) is 3.43. The van der Waals surface area contributed by atoms with E-state index in [0.29, 0.717) is 6.42 Å². The van der Waals surface area contributed by atoms with Gasteiger partial charge in [-0.15, -0.1) is 0 Å². The van der Waals surface area contributed by atoms with Gasteiger partial charge in [-0.2, -0.15) is 0 Å². The Bertz CT molecular complexity index is 896. The molecule has 2 aromatic carbocycles. The van der Waals surface area contributed by atoms with Gasteiger partial charge in [0.2, 0.25) is 10.0 Å². The van der Waals surface area contributed by atoms with Crippen molar-refractivity contribution >= 4 is 21.1 Å². The Kier molecular flexibility index (Phi) is 4.64. The van der Waals surface area contributed by atoms with Gasteiger partial charge in [0.1, 0.15) is 0 Å². The van der Waals surface area contributed by atoms with Gasteiger partial charge in [0.05, 0.1) is 16.8 Å². The van der Waals surface area contributed by atoms with Crippen LogP contribution in [0.2, 0.25) is 0 Å². The van der Waals surface area contributed by atoms with E-state index in [0.717, 1.165) is 22.2 Å². The Labute approximate surface area is 135 Å². The average molecular weight is 327 g/mol. The lowest BCUT2D eigenvalue weighted by Crippen LogP contribution is -2.26. The predicted molar refractivity (Wildman–Crippen MR) is 90.3 cm³/mol. The molecule has 0 unspecified atom stereocenters. The van der Waals surface area contributed by atoms with Crippen LogP contribution in [0.1, 0.15) is 11.1 Å². The molecular weight excluding hydrogens is 310 g/mol. The molecule has 0 aliphatic heterocycles. The van der Waals surface area contributed by atoms with Crippen LogP contribution in [0.5, 0.6) is 0 Å². The van der Waals surface area contributed by atoms with Gasteiger partial charge in [-0.25, -0.2) is 13.1 Å². The van der Waals surface area contributed by atoms with Gasteiger partial charge in [0.15, 0.2) is 0 Å². The molecule has 3 rings (SSSR count). The zero-order valence-electron chi connectivity index (χ0n) is 12.5. The highest BCUT2D eigenvalue weighted by atomic mass is 32.2. The lowest BCUT2D eigenvalue weighted by atomic mass is 10.2. The fraction of sp³-hybridized carbons (Fsp3) is 0.176. The second kappa shape index (κ2) is 6.85. The first-order valence-electron chi connectivity index (χ1n) is 7.33. The Morgan fingerprint density at radius 2 is 1.61 bits per heavy atom. The zero-order valence-corrected chi connectivity index (χ0v) is 13.3. The van der Waals surface area contributed by atoms with E-state index in [9.17, 15) is 8.42 Å². The van der Waals surface area contributed by atoms with Crippen LogP contribution in [-0.4, -0.2) is 24.1 Å². The van der Waals surface area contributed by atoms with Crippen molar-refractivity contribution in [3.05, 3.63) is 72.1 Å². The highest BCUT2D eigenvalue weighted by Gasteiger charge is 2.10. The summed E-state index contributed by atoms with van der Waals surface area (Å²) in [4.78, 5) is 8.42. The number of aromatic nitrogens is 2. The molecule has 0 aliphatic rings. The zero-order chi connectivity index (χ0) is 16.1. The van der Waals surface area contributed by atoms with Crippen LogP contribution in [0.3, 0.4) is 0 Å². The summed E-state index contributed by atoms with van der Waals surface area (Å²) >= 11 is 0. The Balaban J connectivity index is 1.61. The van der Waals surface area contributed by atoms with E-state index < -0.39 is 10.0 Å². The van der Waals surface area contributed by atoms with Crippen molar-refractivity contribution in [1.29, 1.82) is 0 Å². The monoisotopic (exact) mass is 327 g/mol. The van der Waals surface area contributed by atoms with E-state index in [1.54, 1.807) is 12.4 Å². The molecule has 0 aliphatic carbocycles. The van der Waals surface area contributed by atoms with Gasteiger partial charge < -0.3 is 0 Å². The topological polar surface area (TPSA) is 72.0 Å². The van der Waals surface area contributed by atoms with Crippen LogP contribution in [-0.2, 0) is 23.0 Å². The van der Waals surface area contributed by atoms with Crippen LogP contribution in [0.25, 0.3) is 11.0 Å². The number of nitrogens with zero attached hydrogens (tertiary/aromatic N) is 2. The molecule has 0 radical (unpaired) electrons. The first-order valence-corrected chi connectivity index (χ1v) is 8.98. The molecule has 0 fully saturated rings. The van der Waals surface area contributed by atoms with E-state index in [2.05, 4.69) is 14.7 Å². The van der Waals surface area contributed by atoms with Gasteiger partial charge in [-0.3, -0.25) is 9.97 Å². The van der Waals surface area contributed by atoms with E-state index >= 15 is 0 Å². The first-order chi connectivity index (χ1) is 11.1. The molecule has 23 heavy (non-hydrogen) atoms. The Hall–Kier alpha value is -2.31. The predicted octanol–water partition coefficient (Wildman–Crippen LogP) is 2.29. The quantitative estimate of drug-likeness (QED) is 0.754. The maximum absolute atomic E-state index is 12.1. The summed E-state index contributed by atoms with van der Waals surface area (Å²) in [6.07, 6.45) is 3.75.